The minimum atomic E-state index is -0.394. The van der Waals surface area contributed by atoms with Gasteiger partial charge in [0.05, 0.1) is 18.1 Å². The number of benzene rings is 1. The molecule has 0 aromatic heterocycles. The van der Waals surface area contributed by atoms with Gasteiger partial charge >= 0.3 is 0 Å². The van der Waals surface area contributed by atoms with Gasteiger partial charge in [-0.3, -0.25) is 10.1 Å². The Morgan fingerprint density at radius 3 is 2.60 bits per heavy atom. The molecule has 112 valence electrons. The summed E-state index contributed by atoms with van der Waals surface area (Å²) in [6.07, 6.45) is 0.949. The van der Waals surface area contributed by atoms with Gasteiger partial charge in [0.2, 0.25) is 0 Å². The van der Waals surface area contributed by atoms with Gasteiger partial charge in [0.1, 0.15) is 11.4 Å². The summed E-state index contributed by atoms with van der Waals surface area (Å²) in [4.78, 5) is 13.0. The maximum absolute atomic E-state index is 11.0. The van der Waals surface area contributed by atoms with Gasteiger partial charge in [0.15, 0.2) is 0 Å². The summed E-state index contributed by atoms with van der Waals surface area (Å²) in [5, 5.41) is 14.2. The summed E-state index contributed by atoms with van der Waals surface area (Å²) in [7, 11) is 1.50. The molecule has 0 saturated heterocycles. The van der Waals surface area contributed by atoms with Crippen LogP contribution in [0.15, 0.2) is 18.2 Å². The van der Waals surface area contributed by atoms with Gasteiger partial charge in [-0.05, 0) is 38.2 Å². The fraction of sp³-hybridized carbons (Fsp3) is 0.571. The van der Waals surface area contributed by atoms with Crippen molar-refractivity contribution in [1.82, 2.24) is 4.90 Å². The van der Waals surface area contributed by atoms with Crippen molar-refractivity contribution in [2.24, 2.45) is 0 Å². The molecular formula is C14H23N3O3. The van der Waals surface area contributed by atoms with E-state index in [4.69, 9.17) is 4.74 Å². The minimum absolute atomic E-state index is 0.0483. The van der Waals surface area contributed by atoms with Crippen LogP contribution in [0.2, 0.25) is 0 Å². The van der Waals surface area contributed by atoms with E-state index in [9.17, 15) is 10.1 Å². The van der Waals surface area contributed by atoms with E-state index in [0.29, 0.717) is 18.0 Å². The van der Waals surface area contributed by atoms with E-state index < -0.39 is 4.92 Å². The number of nitro groups is 1. The lowest BCUT2D eigenvalue weighted by atomic mass is 10.2. The number of anilines is 1. The third-order valence-corrected chi connectivity index (χ3v) is 3.26. The van der Waals surface area contributed by atoms with Crippen LogP contribution >= 0.6 is 0 Å². The third kappa shape index (κ3) is 4.70. The van der Waals surface area contributed by atoms with Crippen molar-refractivity contribution in [1.29, 1.82) is 0 Å². The van der Waals surface area contributed by atoms with E-state index in [0.717, 1.165) is 26.1 Å². The lowest BCUT2D eigenvalue weighted by Gasteiger charge is -2.17. The van der Waals surface area contributed by atoms with Crippen molar-refractivity contribution < 1.29 is 9.66 Å². The molecule has 6 heteroatoms. The first kappa shape index (κ1) is 16.2. The largest absolute Gasteiger partial charge is 0.496 e. The molecule has 0 radical (unpaired) electrons. The Bertz CT molecular complexity index is 434. The fourth-order valence-corrected chi connectivity index (χ4v) is 2.00. The smallest absolute Gasteiger partial charge is 0.296 e. The van der Waals surface area contributed by atoms with Crippen LogP contribution in [-0.2, 0) is 0 Å². The van der Waals surface area contributed by atoms with Crippen LogP contribution < -0.4 is 10.1 Å². The number of methoxy groups -OCH3 is 1. The third-order valence-electron chi connectivity index (χ3n) is 3.26. The van der Waals surface area contributed by atoms with Crippen molar-refractivity contribution in [3.05, 3.63) is 28.3 Å². The highest BCUT2D eigenvalue weighted by molar-refractivity contribution is 5.63. The second-order valence-electron chi connectivity index (χ2n) is 4.45. The van der Waals surface area contributed by atoms with Crippen molar-refractivity contribution >= 4 is 11.4 Å². The average Bonchev–Trinajstić information content (AvgIpc) is 2.47. The van der Waals surface area contributed by atoms with Gasteiger partial charge in [0, 0.05) is 6.54 Å². The molecule has 1 N–H and O–H groups in total. The summed E-state index contributed by atoms with van der Waals surface area (Å²) >= 11 is 0. The van der Waals surface area contributed by atoms with Crippen LogP contribution in [0.4, 0.5) is 11.4 Å². The SMILES string of the molecule is CCN(CC)CCCNc1ccc(OC)cc1[N+](=O)[O-]. The first-order valence-corrected chi connectivity index (χ1v) is 6.91. The molecule has 1 aromatic carbocycles. The number of hydrogen-bond donors (Lipinski definition) is 1. The Kier molecular flexibility index (Phi) is 6.79. The molecule has 0 saturated carbocycles. The number of ether oxygens (including phenoxy) is 1. The minimum Gasteiger partial charge on any atom is -0.496 e. The molecule has 20 heavy (non-hydrogen) atoms. The number of rotatable bonds is 9. The monoisotopic (exact) mass is 281 g/mol. The van der Waals surface area contributed by atoms with Crippen LogP contribution in [0, 0.1) is 10.1 Å². The van der Waals surface area contributed by atoms with Gasteiger partial charge in [-0.1, -0.05) is 13.8 Å². The van der Waals surface area contributed by atoms with Crippen molar-refractivity contribution in [3.63, 3.8) is 0 Å². The molecule has 6 nitrogen and oxygen atoms in total. The molecule has 0 unspecified atom stereocenters. The number of hydrogen-bond acceptors (Lipinski definition) is 5. The van der Waals surface area contributed by atoms with E-state index in [1.54, 1.807) is 12.1 Å². The molecule has 1 rings (SSSR count). The van der Waals surface area contributed by atoms with E-state index in [-0.39, 0.29) is 5.69 Å². The van der Waals surface area contributed by atoms with Gasteiger partial charge in [-0.15, -0.1) is 0 Å². The second kappa shape index (κ2) is 8.37. The van der Waals surface area contributed by atoms with Crippen LogP contribution in [0.25, 0.3) is 0 Å². The Hall–Kier alpha value is -1.82. The lowest BCUT2D eigenvalue weighted by molar-refractivity contribution is -0.384. The van der Waals surface area contributed by atoms with Gasteiger partial charge in [0.25, 0.3) is 5.69 Å². The topological polar surface area (TPSA) is 67.6 Å². The summed E-state index contributed by atoms with van der Waals surface area (Å²) in [6.45, 7) is 8.02. The normalized spacial score (nSPS) is 10.6. The molecule has 0 aliphatic rings. The number of nitrogens with zero attached hydrogens (tertiary/aromatic N) is 2. The van der Waals surface area contributed by atoms with E-state index in [1.807, 2.05) is 0 Å². The molecule has 0 heterocycles. The van der Waals surface area contributed by atoms with Gasteiger partial charge in [-0.25, -0.2) is 0 Å². The fourth-order valence-electron chi connectivity index (χ4n) is 2.00. The zero-order chi connectivity index (χ0) is 15.0. The molecule has 1 aromatic rings. The predicted octanol–water partition coefficient (Wildman–Crippen LogP) is 2.75. The molecular weight excluding hydrogens is 258 g/mol. The molecule has 0 bridgehead atoms. The van der Waals surface area contributed by atoms with Crippen LogP contribution in [0.5, 0.6) is 5.75 Å². The molecule has 0 atom stereocenters. The molecule has 0 fully saturated rings. The quantitative estimate of drug-likeness (QED) is 0.428. The Morgan fingerprint density at radius 1 is 1.35 bits per heavy atom. The molecule has 0 amide bonds. The second-order valence-corrected chi connectivity index (χ2v) is 4.45. The number of nitro benzene ring substituents is 1. The maximum atomic E-state index is 11.0. The van der Waals surface area contributed by atoms with Crippen molar-refractivity contribution in [3.8, 4) is 5.75 Å². The highest BCUT2D eigenvalue weighted by atomic mass is 16.6. The van der Waals surface area contributed by atoms with E-state index in [2.05, 4.69) is 24.1 Å². The Labute approximate surface area is 119 Å². The first-order chi connectivity index (χ1) is 9.62. The average molecular weight is 281 g/mol. The Morgan fingerprint density at radius 2 is 2.05 bits per heavy atom. The molecule has 0 aliphatic heterocycles. The zero-order valence-corrected chi connectivity index (χ0v) is 12.4. The molecule has 0 spiro atoms. The maximum Gasteiger partial charge on any atom is 0.296 e. The van der Waals surface area contributed by atoms with Crippen LogP contribution in [0.3, 0.4) is 0 Å². The zero-order valence-electron chi connectivity index (χ0n) is 12.4. The standard InChI is InChI=1S/C14H23N3O3/c1-4-16(5-2)10-6-9-15-13-8-7-12(20-3)11-14(13)17(18)19/h7-8,11,15H,4-6,9-10H2,1-3H3. The van der Waals surface area contributed by atoms with Gasteiger partial charge < -0.3 is 15.0 Å². The van der Waals surface area contributed by atoms with E-state index in [1.165, 1.54) is 13.2 Å². The highest BCUT2D eigenvalue weighted by Gasteiger charge is 2.14. The summed E-state index contributed by atoms with van der Waals surface area (Å²) in [5.74, 6) is 0.491. The number of nitrogens with one attached hydrogen (secondary N) is 1. The van der Waals surface area contributed by atoms with Gasteiger partial charge in [-0.2, -0.15) is 0 Å². The van der Waals surface area contributed by atoms with Crippen LogP contribution in [0.1, 0.15) is 20.3 Å². The lowest BCUT2D eigenvalue weighted by Crippen LogP contribution is -2.25. The van der Waals surface area contributed by atoms with Crippen LogP contribution in [-0.4, -0.2) is 43.1 Å². The molecule has 0 aliphatic carbocycles. The Balaban J connectivity index is 2.57. The first-order valence-electron chi connectivity index (χ1n) is 6.91. The van der Waals surface area contributed by atoms with Crippen molar-refractivity contribution in [2.75, 3.05) is 38.6 Å². The summed E-state index contributed by atoms with van der Waals surface area (Å²) < 4.78 is 5.01. The van der Waals surface area contributed by atoms with Crippen molar-refractivity contribution in [2.45, 2.75) is 20.3 Å². The van der Waals surface area contributed by atoms with E-state index >= 15 is 0 Å². The summed E-state index contributed by atoms with van der Waals surface area (Å²) in [5.41, 5.74) is 0.586. The summed E-state index contributed by atoms with van der Waals surface area (Å²) in [6, 6.07) is 4.85. The predicted molar refractivity (Wildman–Crippen MR) is 80.5 cm³/mol. The highest BCUT2D eigenvalue weighted by Crippen LogP contribution is 2.28.